The lowest BCUT2D eigenvalue weighted by Gasteiger charge is -2.12. The molecule has 116 valence electrons. The SMILES string of the molecule is O=C(O)c1cc(OCc2ccc(I)cc2)c2ccccc2c1O. The molecule has 0 spiro atoms. The Morgan fingerprint density at radius 3 is 2.35 bits per heavy atom. The number of benzene rings is 3. The zero-order valence-corrected chi connectivity index (χ0v) is 14.1. The third kappa shape index (κ3) is 3.24. The molecule has 0 aliphatic carbocycles. The van der Waals surface area contributed by atoms with E-state index in [0.717, 1.165) is 9.13 Å². The maximum atomic E-state index is 11.3. The van der Waals surface area contributed by atoms with Crippen LogP contribution in [-0.4, -0.2) is 16.2 Å². The first-order chi connectivity index (χ1) is 11.1. The Kier molecular flexibility index (Phi) is 4.38. The highest BCUT2D eigenvalue weighted by Gasteiger charge is 2.17. The number of rotatable bonds is 4. The van der Waals surface area contributed by atoms with Crippen molar-refractivity contribution in [3.8, 4) is 11.5 Å². The van der Waals surface area contributed by atoms with Crippen molar-refractivity contribution < 1.29 is 19.7 Å². The standard InChI is InChI=1S/C18H13IO4/c19-12-7-5-11(6-8-12)10-23-16-9-15(18(21)22)17(20)14-4-2-1-3-13(14)16/h1-9,20H,10H2,(H,21,22). The minimum Gasteiger partial charge on any atom is -0.506 e. The van der Waals surface area contributed by atoms with Gasteiger partial charge in [0, 0.05) is 14.3 Å². The molecule has 0 fully saturated rings. The van der Waals surface area contributed by atoms with Crippen molar-refractivity contribution >= 4 is 39.3 Å². The largest absolute Gasteiger partial charge is 0.506 e. The van der Waals surface area contributed by atoms with Gasteiger partial charge in [-0.15, -0.1) is 0 Å². The molecule has 0 saturated heterocycles. The minimum absolute atomic E-state index is 0.165. The van der Waals surface area contributed by atoms with Crippen LogP contribution in [0.25, 0.3) is 10.8 Å². The van der Waals surface area contributed by atoms with Crippen molar-refractivity contribution in [1.82, 2.24) is 0 Å². The topological polar surface area (TPSA) is 66.8 Å². The minimum atomic E-state index is -1.19. The summed E-state index contributed by atoms with van der Waals surface area (Å²) in [5.74, 6) is -0.989. The van der Waals surface area contributed by atoms with Crippen molar-refractivity contribution in [2.45, 2.75) is 6.61 Å². The van der Waals surface area contributed by atoms with Gasteiger partial charge in [0.2, 0.25) is 0 Å². The summed E-state index contributed by atoms with van der Waals surface area (Å²) >= 11 is 2.23. The van der Waals surface area contributed by atoms with Gasteiger partial charge in [0.15, 0.2) is 0 Å². The molecule has 2 N–H and O–H groups in total. The smallest absolute Gasteiger partial charge is 0.339 e. The summed E-state index contributed by atoms with van der Waals surface area (Å²) in [6.45, 7) is 0.324. The van der Waals surface area contributed by atoms with Crippen molar-refractivity contribution in [2.75, 3.05) is 0 Å². The van der Waals surface area contributed by atoms with Crippen LogP contribution in [0.4, 0.5) is 0 Å². The van der Waals surface area contributed by atoms with E-state index in [2.05, 4.69) is 22.6 Å². The second kappa shape index (κ2) is 6.45. The van der Waals surface area contributed by atoms with Crippen LogP contribution in [0.2, 0.25) is 0 Å². The Hall–Kier alpha value is -2.28. The predicted molar refractivity (Wildman–Crippen MR) is 96.1 cm³/mol. The summed E-state index contributed by atoms with van der Waals surface area (Å²) in [6, 6.07) is 16.3. The normalized spacial score (nSPS) is 10.7. The third-order valence-electron chi connectivity index (χ3n) is 3.52. The van der Waals surface area contributed by atoms with Crippen molar-refractivity contribution in [2.24, 2.45) is 0 Å². The van der Waals surface area contributed by atoms with Crippen LogP contribution in [0, 0.1) is 3.57 Å². The number of hydrogen-bond donors (Lipinski definition) is 2. The van der Waals surface area contributed by atoms with E-state index in [9.17, 15) is 15.0 Å². The monoisotopic (exact) mass is 420 g/mol. The number of aromatic carboxylic acids is 1. The van der Waals surface area contributed by atoms with Crippen LogP contribution in [0.1, 0.15) is 15.9 Å². The zero-order valence-electron chi connectivity index (χ0n) is 12.0. The van der Waals surface area contributed by atoms with E-state index in [1.807, 2.05) is 30.3 Å². The molecule has 0 radical (unpaired) electrons. The van der Waals surface area contributed by atoms with Crippen LogP contribution in [0.3, 0.4) is 0 Å². The van der Waals surface area contributed by atoms with E-state index in [1.165, 1.54) is 6.07 Å². The number of carboxylic acids is 1. The summed E-state index contributed by atoms with van der Waals surface area (Å²) in [7, 11) is 0. The van der Waals surface area contributed by atoms with E-state index >= 15 is 0 Å². The highest BCUT2D eigenvalue weighted by Crippen LogP contribution is 2.36. The van der Waals surface area contributed by atoms with Gasteiger partial charge < -0.3 is 14.9 Å². The van der Waals surface area contributed by atoms with Crippen LogP contribution in [0.5, 0.6) is 11.5 Å². The molecule has 23 heavy (non-hydrogen) atoms. The Balaban J connectivity index is 2.00. The van der Waals surface area contributed by atoms with E-state index in [1.54, 1.807) is 18.2 Å². The van der Waals surface area contributed by atoms with E-state index < -0.39 is 5.97 Å². The maximum Gasteiger partial charge on any atom is 0.339 e. The van der Waals surface area contributed by atoms with Gasteiger partial charge in [0.05, 0.1) is 0 Å². The molecule has 4 nitrogen and oxygen atoms in total. The molecular weight excluding hydrogens is 407 g/mol. The summed E-state index contributed by atoms with van der Waals surface area (Å²) in [5.41, 5.74) is 0.820. The lowest BCUT2D eigenvalue weighted by Crippen LogP contribution is -2.01. The average molecular weight is 420 g/mol. The van der Waals surface area contributed by atoms with Crippen LogP contribution in [0.15, 0.2) is 54.6 Å². The molecule has 3 aromatic carbocycles. The Morgan fingerprint density at radius 1 is 1.04 bits per heavy atom. The molecule has 0 unspecified atom stereocenters. The molecule has 0 aliphatic heterocycles. The number of carbonyl (C=O) groups is 1. The number of hydrogen-bond acceptors (Lipinski definition) is 3. The van der Waals surface area contributed by atoms with Crippen molar-refractivity contribution in [1.29, 1.82) is 0 Å². The number of phenols is 1. The number of aromatic hydroxyl groups is 1. The Labute approximate surface area is 146 Å². The molecule has 0 aromatic heterocycles. The van der Waals surface area contributed by atoms with Gasteiger partial charge in [-0.05, 0) is 46.4 Å². The van der Waals surface area contributed by atoms with E-state index in [4.69, 9.17) is 4.74 Å². The van der Waals surface area contributed by atoms with Gasteiger partial charge >= 0.3 is 5.97 Å². The van der Waals surface area contributed by atoms with Crippen LogP contribution >= 0.6 is 22.6 Å². The molecule has 3 aromatic rings. The van der Waals surface area contributed by atoms with E-state index in [0.29, 0.717) is 23.1 Å². The van der Waals surface area contributed by atoms with Crippen molar-refractivity contribution in [3.05, 3.63) is 69.3 Å². The highest BCUT2D eigenvalue weighted by atomic mass is 127. The number of ether oxygens (including phenoxy) is 1. The first kappa shape index (κ1) is 15.6. The lowest BCUT2D eigenvalue weighted by atomic mass is 10.0. The van der Waals surface area contributed by atoms with Gasteiger partial charge in [0.1, 0.15) is 23.7 Å². The average Bonchev–Trinajstić information content (AvgIpc) is 2.55. The summed E-state index contributed by atoms with van der Waals surface area (Å²) in [5, 5.41) is 20.5. The first-order valence-corrected chi connectivity index (χ1v) is 7.99. The van der Waals surface area contributed by atoms with Gasteiger partial charge in [-0.3, -0.25) is 0 Å². The van der Waals surface area contributed by atoms with Crippen LogP contribution in [-0.2, 0) is 6.61 Å². The third-order valence-corrected chi connectivity index (χ3v) is 4.24. The second-order valence-electron chi connectivity index (χ2n) is 5.04. The van der Waals surface area contributed by atoms with Crippen LogP contribution < -0.4 is 4.74 Å². The molecule has 0 aliphatic rings. The number of carboxylic acid groups (broad SMARTS) is 1. The lowest BCUT2D eigenvalue weighted by molar-refractivity contribution is 0.0693. The molecule has 0 bridgehead atoms. The van der Waals surface area contributed by atoms with Crippen molar-refractivity contribution in [3.63, 3.8) is 0 Å². The molecule has 0 saturated carbocycles. The molecule has 5 heteroatoms. The van der Waals surface area contributed by atoms with Gasteiger partial charge in [-0.1, -0.05) is 36.4 Å². The van der Waals surface area contributed by atoms with Gasteiger partial charge in [-0.25, -0.2) is 4.79 Å². The fourth-order valence-corrected chi connectivity index (χ4v) is 2.71. The second-order valence-corrected chi connectivity index (χ2v) is 6.28. The highest BCUT2D eigenvalue weighted by molar-refractivity contribution is 14.1. The number of halogens is 1. The quantitative estimate of drug-likeness (QED) is 0.614. The fourth-order valence-electron chi connectivity index (χ4n) is 2.35. The molecule has 0 heterocycles. The molecule has 0 amide bonds. The summed E-state index contributed by atoms with van der Waals surface area (Å²) in [4.78, 5) is 11.3. The molecule has 3 rings (SSSR count). The summed E-state index contributed by atoms with van der Waals surface area (Å²) in [6.07, 6.45) is 0. The number of fused-ring (bicyclic) bond motifs is 1. The maximum absolute atomic E-state index is 11.3. The van der Waals surface area contributed by atoms with Gasteiger partial charge in [-0.2, -0.15) is 0 Å². The molecular formula is C18H13IO4. The summed E-state index contributed by atoms with van der Waals surface area (Å²) < 4.78 is 6.95. The zero-order chi connectivity index (χ0) is 16.4. The predicted octanol–water partition coefficient (Wildman–Crippen LogP) is 4.43. The first-order valence-electron chi connectivity index (χ1n) is 6.91. The fraction of sp³-hybridized carbons (Fsp3) is 0.0556. The van der Waals surface area contributed by atoms with E-state index in [-0.39, 0.29) is 11.3 Å². The Bertz CT molecular complexity index is 872. The van der Waals surface area contributed by atoms with Gasteiger partial charge in [0.25, 0.3) is 0 Å². The Morgan fingerprint density at radius 2 is 1.70 bits per heavy atom. The molecule has 0 atom stereocenters.